The van der Waals surface area contributed by atoms with Gasteiger partial charge in [-0.1, -0.05) is 5.16 Å². The number of amides is 1. The van der Waals surface area contributed by atoms with Crippen LogP contribution >= 0.6 is 0 Å². The molecule has 0 radical (unpaired) electrons. The smallest absolute Gasteiger partial charge is 0.411 e. The van der Waals surface area contributed by atoms with E-state index >= 15 is 0 Å². The number of halogens is 1. The highest BCUT2D eigenvalue weighted by Gasteiger charge is 2.09. The van der Waals surface area contributed by atoms with Gasteiger partial charge in [0.25, 0.3) is 0 Å². The molecule has 0 aliphatic heterocycles. The van der Waals surface area contributed by atoms with Crippen molar-refractivity contribution in [3.63, 3.8) is 0 Å². The lowest BCUT2D eigenvalue weighted by atomic mass is 10.1. The Hall–Kier alpha value is -2.31. The van der Waals surface area contributed by atoms with E-state index < -0.39 is 11.9 Å². The minimum Gasteiger partial charge on any atom is -0.453 e. The summed E-state index contributed by atoms with van der Waals surface area (Å²) < 4.78 is 17.6. The Labute approximate surface area is 90.5 Å². The molecule has 0 saturated heterocycles. The molecule has 4 N–H and O–H groups in total. The van der Waals surface area contributed by atoms with Crippen LogP contribution in [0, 0.1) is 5.82 Å². The van der Waals surface area contributed by atoms with E-state index in [1.165, 1.54) is 19.2 Å². The molecule has 0 saturated carbocycles. The number of benzene rings is 1. The molecule has 0 atom stereocenters. The summed E-state index contributed by atoms with van der Waals surface area (Å²) in [4.78, 5) is 10.9. The van der Waals surface area contributed by atoms with Crippen molar-refractivity contribution in [3.05, 3.63) is 29.6 Å². The summed E-state index contributed by atoms with van der Waals surface area (Å²) >= 11 is 0. The molecule has 0 aromatic heterocycles. The quantitative estimate of drug-likeness (QED) is 0.305. The number of nitrogens with one attached hydrogen (secondary N) is 1. The van der Waals surface area contributed by atoms with E-state index in [1.807, 2.05) is 0 Å². The molecule has 7 heteroatoms. The number of nitrogens with zero attached hydrogens (tertiary/aromatic N) is 1. The van der Waals surface area contributed by atoms with Gasteiger partial charge in [0.05, 0.1) is 12.7 Å². The largest absolute Gasteiger partial charge is 0.453 e. The minimum atomic E-state index is -0.697. The maximum Gasteiger partial charge on any atom is 0.411 e. The van der Waals surface area contributed by atoms with Gasteiger partial charge in [-0.2, -0.15) is 0 Å². The topological polar surface area (TPSA) is 96.9 Å². The summed E-state index contributed by atoms with van der Waals surface area (Å²) in [6.07, 6.45) is -0.697. The average molecular weight is 227 g/mol. The number of hydrogen-bond acceptors (Lipinski definition) is 4. The standard InChI is InChI=1S/C9H10FN3O3/c1-16-9(14)12-5-2-3-7(10)6(4-5)8(11)13-15/h2-4,15H,1H3,(H2,11,13)(H,12,14). The molecule has 0 spiro atoms. The molecule has 6 nitrogen and oxygen atoms in total. The highest BCUT2D eigenvalue weighted by Crippen LogP contribution is 2.14. The molecular weight excluding hydrogens is 217 g/mol. The van der Waals surface area contributed by atoms with Crippen LogP contribution in [-0.2, 0) is 4.74 Å². The fourth-order valence-electron chi connectivity index (χ4n) is 1.02. The molecule has 1 amide bonds. The lowest BCUT2D eigenvalue weighted by Gasteiger charge is -2.06. The van der Waals surface area contributed by atoms with Gasteiger partial charge in [-0.05, 0) is 18.2 Å². The molecule has 0 fully saturated rings. The molecule has 0 aliphatic carbocycles. The molecule has 1 aromatic rings. The Balaban J connectivity index is 3.03. The van der Waals surface area contributed by atoms with Crippen LogP contribution < -0.4 is 11.1 Å². The third-order valence-electron chi connectivity index (χ3n) is 1.78. The Morgan fingerprint density at radius 3 is 2.88 bits per heavy atom. The van der Waals surface area contributed by atoms with Crippen molar-refractivity contribution in [3.8, 4) is 0 Å². The summed E-state index contributed by atoms with van der Waals surface area (Å²) in [5.74, 6) is -1.04. The zero-order valence-electron chi connectivity index (χ0n) is 8.40. The van der Waals surface area contributed by atoms with Crippen molar-refractivity contribution in [2.75, 3.05) is 12.4 Å². The SMILES string of the molecule is COC(=O)Nc1ccc(F)c(C(N)=NO)c1. The third kappa shape index (κ3) is 2.59. The molecule has 0 heterocycles. The molecule has 16 heavy (non-hydrogen) atoms. The lowest BCUT2D eigenvalue weighted by molar-refractivity contribution is 0.187. The summed E-state index contributed by atoms with van der Waals surface area (Å²) in [6, 6.07) is 3.63. The number of ether oxygens (including phenoxy) is 1. The van der Waals surface area contributed by atoms with Gasteiger partial charge in [0.2, 0.25) is 0 Å². The number of anilines is 1. The summed E-state index contributed by atoms with van der Waals surface area (Å²) in [7, 11) is 1.20. The van der Waals surface area contributed by atoms with Gasteiger partial charge in [-0.3, -0.25) is 5.32 Å². The second-order valence-corrected chi connectivity index (χ2v) is 2.80. The number of methoxy groups -OCH3 is 1. The van der Waals surface area contributed by atoms with Gasteiger partial charge in [0.15, 0.2) is 5.84 Å². The fraction of sp³-hybridized carbons (Fsp3) is 0.111. The molecule has 0 bridgehead atoms. The maximum absolute atomic E-state index is 13.2. The van der Waals surface area contributed by atoms with Crippen molar-refractivity contribution in [1.29, 1.82) is 0 Å². The van der Waals surface area contributed by atoms with E-state index in [1.54, 1.807) is 0 Å². The van der Waals surface area contributed by atoms with Gasteiger partial charge in [0.1, 0.15) is 5.82 Å². The summed E-state index contributed by atoms with van der Waals surface area (Å²) in [5.41, 5.74) is 5.40. The van der Waals surface area contributed by atoms with Crippen molar-refractivity contribution in [2.24, 2.45) is 10.9 Å². The number of oxime groups is 1. The van der Waals surface area contributed by atoms with Crippen LogP contribution in [0.5, 0.6) is 0 Å². The van der Waals surface area contributed by atoms with E-state index in [0.717, 1.165) is 6.07 Å². The van der Waals surface area contributed by atoms with E-state index in [2.05, 4.69) is 15.2 Å². The monoisotopic (exact) mass is 227 g/mol. The second-order valence-electron chi connectivity index (χ2n) is 2.80. The van der Waals surface area contributed by atoms with Crippen LogP contribution in [0.15, 0.2) is 23.4 Å². The molecule has 0 aliphatic rings. The molecule has 1 rings (SSSR count). The number of rotatable bonds is 2. The molecular formula is C9H10FN3O3. The zero-order chi connectivity index (χ0) is 12.1. The van der Waals surface area contributed by atoms with E-state index in [0.29, 0.717) is 0 Å². The number of amidine groups is 1. The van der Waals surface area contributed by atoms with Crippen LogP contribution in [0.3, 0.4) is 0 Å². The van der Waals surface area contributed by atoms with E-state index in [9.17, 15) is 9.18 Å². The van der Waals surface area contributed by atoms with Crippen LogP contribution in [0.25, 0.3) is 0 Å². The van der Waals surface area contributed by atoms with Gasteiger partial charge in [0, 0.05) is 5.69 Å². The Morgan fingerprint density at radius 2 is 2.31 bits per heavy atom. The fourth-order valence-corrected chi connectivity index (χ4v) is 1.02. The van der Waals surface area contributed by atoms with E-state index in [-0.39, 0.29) is 17.1 Å². The minimum absolute atomic E-state index is 0.114. The second kappa shape index (κ2) is 4.96. The Bertz CT molecular complexity index is 434. The predicted octanol–water partition coefficient (Wildman–Crippen LogP) is 1.10. The average Bonchev–Trinajstić information content (AvgIpc) is 2.30. The van der Waals surface area contributed by atoms with Gasteiger partial charge in [-0.25, -0.2) is 9.18 Å². The van der Waals surface area contributed by atoms with Crippen molar-refractivity contribution < 1.29 is 19.1 Å². The third-order valence-corrected chi connectivity index (χ3v) is 1.78. The number of carbonyl (C=O) groups is 1. The van der Waals surface area contributed by atoms with Crippen LogP contribution in [0.4, 0.5) is 14.9 Å². The van der Waals surface area contributed by atoms with Crippen LogP contribution in [-0.4, -0.2) is 24.2 Å². The first-order valence-corrected chi connectivity index (χ1v) is 4.21. The van der Waals surface area contributed by atoms with Crippen LogP contribution in [0.2, 0.25) is 0 Å². The number of nitrogens with two attached hydrogens (primary N) is 1. The zero-order valence-corrected chi connectivity index (χ0v) is 8.40. The van der Waals surface area contributed by atoms with Gasteiger partial charge < -0.3 is 15.7 Å². The Kier molecular flexibility index (Phi) is 3.65. The molecule has 1 aromatic carbocycles. The van der Waals surface area contributed by atoms with Gasteiger partial charge in [-0.15, -0.1) is 0 Å². The van der Waals surface area contributed by atoms with Crippen molar-refractivity contribution >= 4 is 17.6 Å². The highest BCUT2D eigenvalue weighted by molar-refractivity contribution is 5.98. The van der Waals surface area contributed by atoms with Crippen molar-refractivity contribution in [2.45, 2.75) is 0 Å². The first-order valence-electron chi connectivity index (χ1n) is 4.21. The predicted molar refractivity (Wildman–Crippen MR) is 54.9 cm³/mol. The normalized spacial score (nSPS) is 11.0. The number of carbonyl (C=O) groups excluding carboxylic acids is 1. The van der Waals surface area contributed by atoms with Crippen molar-refractivity contribution in [1.82, 2.24) is 0 Å². The molecule has 86 valence electrons. The first-order chi connectivity index (χ1) is 7.58. The Morgan fingerprint density at radius 1 is 1.62 bits per heavy atom. The first kappa shape index (κ1) is 11.8. The van der Waals surface area contributed by atoms with Crippen LogP contribution in [0.1, 0.15) is 5.56 Å². The lowest BCUT2D eigenvalue weighted by Crippen LogP contribution is -2.16. The summed E-state index contributed by atoms with van der Waals surface area (Å²) in [6.45, 7) is 0. The van der Waals surface area contributed by atoms with Gasteiger partial charge >= 0.3 is 6.09 Å². The molecule has 0 unspecified atom stereocenters. The number of hydrogen-bond donors (Lipinski definition) is 3. The summed E-state index contributed by atoms with van der Waals surface area (Å²) in [5, 5.41) is 13.4. The maximum atomic E-state index is 13.2. The van der Waals surface area contributed by atoms with E-state index in [4.69, 9.17) is 10.9 Å². The highest BCUT2D eigenvalue weighted by atomic mass is 19.1.